The second-order valence-electron chi connectivity index (χ2n) is 6.37. The number of amides is 2. The van der Waals surface area contributed by atoms with Crippen molar-refractivity contribution in [2.75, 3.05) is 19.6 Å². The average Bonchev–Trinajstić information content (AvgIpc) is 3.20. The van der Waals surface area contributed by atoms with E-state index in [0.717, 1.165) is 12.8 Å². The first-order valence-electron chi connectivity index (χ1n) is 8.13. The number of nitrogens with one attached hydrogen (secondary N) is 1. The number of rotatable bonds is 5. The molecule has 0 bridgehead atoms. The Morgan fingerprint density at radius 2 is 2.35 bits per heavy atom. The molecule has 1 aliphatic carbocycles. The molecule has 2 heterocycles. The zero-order valence-electron chi connectivity index (χ0n) is 13.2. The van der Waals surface area contributed by atoms with Gasteiger partial charge in [0.15, 0.2) is 5.82 Å². The van der Waals surface area contributed by atoms with Crippen LogP contribution in [0.25, 0.3) is 0 Å². The van der Waals surface area contributed by atoms with E-state index in [2.05, 4.69) is 15.5 Å². The molecule has 2 amide bonds. The molecule has 3 rings (SSSR count). The van der Waals surface area contributed by atoms with E-state index in [1.807, 2.05) is 6.92 Å². The number of carboxylic acid groups (broad SMARTS) is 1. The van der Waals surface area contributed by atoms with E-state index >= 15 is 0 Å². The van der Waals surface area contributed by atoms with Gasteiger partial charge in [-0.3, -0.25) is 4.79 Å². The van der Waals surface area contributed by atoms with Gasteiger partial charge in [0.25, 0.3) is 0 Å². The molecule has 2 atom stereocenters. The van der Waals surface area contributed by atoms with E-state index in [1.165, 1.54) is 0 Å². The van der Waals surface area contributed by atoms with Crippen molar-refractivity contribution < 1.29 is 19.2 Å². The lowest BCUT2D eigenvalue weighted by Crippen LogP contribution is -2.42. The van der Waals surface area contributed by atoms with E-state index in [-0.39, 0.29) is 11.9 Å². The molecule has 8 nitrogen and oxygen atoms in total. The van der Waals surface area contributed by atoms with Gasteiger partial charge in [-0.1, -0.05) is 18.5 Å². The Labute approximate surface area is 134 Å². The minimum absolute atomic E-state index is 0.0788. The molecule has 2 aliphatic rings. The van der Waals surface area contributed by atoms with Crippen LogP contribution in [0.15, 0.2) is 4.52 Å². The highest BCUT2D eigenvalue weighted by Crippen LogP contribution is 2.48. The zero-order chi connectivity index (χ0) is 16.4. The fourth-order valence-electron chi connectivity index (χ4n) is 3.72. The van der Waals surface area contributed by atoms with Crippen LogP contribution in [0.3, 0.4) is 0 Å². The van der Waals surface area contributed by atoms with Gasteiger partial charge in [-0.15, -0.1) is 0 Å². The van der Waals surface area contributed by atoms with Gasteiger partial charge in [0.05, 0.1) is 5.41 Å². The maximum Gasteiger partial charge on any atom is 0.317 e. The summed E-state index contributed by atoms with van der Waals surface area (Å²) in [6.45, 7) is 3.17. The highest BCUT2D eigenvalue weighted by molar-refractivity contribution is 5.80. The Kier molecular flexibility index (Phi) is 4.23. The summed E-state index contributed by atoms with van der Waals surface area (Å²) in [4.78, 5) is 29.7. The van der Waals surface area contributed by atoms with E-state index in [9.17, 15) is 14.7 Å². The van der Waals surface area contributed by atoms with Crippen LogP contribution in [0.2, 0.25) is 0 Å². The van der Waals surface area contributed by atoms with Crippen LogP contribution in [0.4, 0.5) is 4.79 Å². The molecular weight excluding hydrogens is 300 g/mol. The van der Waals surface area contributed by atoms with Crippen LogP contribution < -0.4 is 5.32 Å². The summed E-state index contributed by atoms with van der Waals surface area (Å²) < 4.78 is 5.01. The van der Waals surface area contributed by atoms with Gasteiger partial charge in [-0.2, -0.15) is 4.98 Å². The number of carbonyl (C=O) groups excluding carboxylic acids is 1. The van der Waals surface area contributed by atoms with Gasteiger partial charge in [-0.25, -0.2) is 4.79 Å². The quantitative estimate of drug-likeness (QED) is 0.839. The SMILES string of the molecule is CCc1nc(CCNC(=O)N2C[C@@H]3CCC[C@@]3(C(=O)O)C2)no1. The van der Waals surface area contributed by atoms with Crippen LogP contribution in [0.1, 0.15) is 37.9 Å². The Morgan fingerprint density at radius 1 is 1.52 bits per heavy atom. The number of carbonyl (C=O) groups is 2. The summed E-state index contributed by atoms with van der Waals surface area (Å²) in [7, 11) is 0. The first-order chi connectivity index (χ1) is 11.0. The predicted molar refractivity (Wildman–Crippen MR) is 79.8 cm³/mol. The summed E-state index contributed by atoms with van der Waals surface area (Å²) in [5.74, 6) is 0.466. The maximum atomic E-state index is 12.3. The van der Waals surface area contributed by atoms with E-state index in [0.29, 0.717) is 50.6 Å². The van der Waals surface area contributed by atoms with Crippen molar-refractivity contribution in [2.24, 2.45) is 11.3 Å². The third-order valence-corrected chi connectivity index (χ3v) is 5.02. The number of aryl methyl sites for hydroxylation is 1. The van der Waals surface area contributed by atoms with E-state index < -0.39 is 11.4 Å². The largest absolute Gasteiger partial charge is 0.481 e. The fourth-order valence-corrected chi connectivity index (χ4v) is 3.72. The Balaban J connectivity index is 1.50. The number of fused-ring (bicyclic) bond motifs is 1. The normalized spacial score (nSPS) is 26.3. The van der Waals surface area contributed by atoms with Crippen molar-refractivity contribution in [1.82, 2.24) is 20.4 Å². The minimum atomic E-state index is -0.769. The van der Waals surface area contributed by atoms with Crippen LogP contribution in [0.5, 0.6) is 0 Å². The van der Waals surface area contributed by atoms with Crippen molar-refractivity contribution in [1.29, 1.82) is 0 Å². The first-order valence-corrected chi connectivity index (χ1v) is 8.13. The molecule has 1 aromatic heterocycles. The van der Waals surface area contributed by atoms with Crippen LogP contribution in [0, 0.1) is 11.3 Å². The number of hydrogen-bond acceptors (Lipinski definition) is 5. The van der Waals surface area contributed by atoms with Crippen LogP contribution in [-0.4, -0.2) is 51.8 Å². The molecule has 0 aromatic carbocycles. The number of likely N-dealkylation sites (tertiary alicyclic amines) is 1. The van der Waals surface area contributed by atoms with Gasteiger partial charge in [0.1, 0.15) is 0 Å². The highest BCUT2D eigenvalue weighted by atomic mass is 16.5. The second kappa shape index (κ2) is 6.17. The summed E-state index contributed by atoms with van der Waals surface area (Å²) in [5.41, 5.74) is -0.735. The molecule has 1 saturated carbocycles. The van der Waals surface area contributed by atoms with Gasteiger partial charge in [-0.05, 0) is 18.8 Å². The molecule has 126 valence electrons. The number of nitrogens with zero attached hydrogens (tertiary/aromatic N) is 3. The lowest BCUT2D eigenvalue weighted by molar-refractivity contribution is -0.149. The molecule has 0 spiro atoms. The fraction of sp³-hybridized carbons (Fsp3) is 0.733. The third-order valence-electron chi connectivity index (χ3n) is 5.02. The highest BCUT2D eigenvalue weighted by Gasteiger charge is 2.55. The standard InChI is InChI=1S/C15H22N4O4/c1-2-12-17-11(18-23-12)5-7-16-14(22)19-8-10-4-3-6-15(10,9-19)13(20)21/h10H,2-9H2,1H3,(H,16,22)(H,20,21)/t10-,15+/m0/s1. The monoisotopic (exact) mass is 322 g/mol. The van der Waals surface area contributed by atoms with Gasteiger partial charge in [0, 0.05) is 32.5 Å². The minimum Gasteiger partial charge on any atom is -0.481 e. The molecule has 2 fully saturated rings. The molecule has 0 radical (unpaired) electrons. The van der Waals surface area contributed by atoms with Crippen molar-refractivity contribution in [3.63, 3.8) is 0 Å². The average molecular weight is 322 g/mol. The van der Waals surface area contributed by atoms with E-state index in [1.54, 1.807) is 4.90 Å². The van der Waals surface area contributed by atoms with Gasteiger partial charge in [0.2, 0.25) is 5.89 Å². The van der Waals surface area contributed by atoms with Crippen LogP contribution in [-0.2, 0) is 17.6 Å². The van der Waals surface area contributed by atoms with Crippen molar-refractivity contribution in [2.45, 2.75) is 39.0 Å². The lowest BCUT2D eigenvalue weighted by Gasteiger charge is -2.23. The number of hydrogen-bond donors (Lipinski definition) is 2. The van der Waals surface area contributed by atoms with Crippen LogP contribution >= 0.6 is 0 Å². The topological polar surface area (TPSA) is 109 Å². The Bertz CT molecular complexity index is 602. The molecule has 23 heavy (non-hydrogen) atoms. The van der Waals surface area contributed by atoms with Crippen molar-refractivity contribution >= 4 is 12.0 Å². The second-order valence-corrected chi connectivity index (χ2v) is 6.37. The third kappa shape index (κ3) is 2.89. The number of urea groups is 1. The molecule has 8 heteroatoms. The zero-order valence-corrected chi connectivity index (χ0v) is 13.2. The molecule has 0 unspecified atom stereocenters. The number of carboxylic acids is 1. The predicted octanol–water partition coefficient (Wildman–Crippen LogP) is 1.07. The van der Waals surface area contributed by atoms with Gasteiger partial charge >= 0.3 is 12.0 Å². The molecular formula is C15H22N4O4. The molecule has 2 N–H and O–H groups in total. The number of aliphatic carboxylic acids is 1. The molecule has 1 aliphatic heterocycles. The van der Waals surface area contributed by atoms with Gasteiger partial charge < -0.3 is 19.8 Å². The smallest absolute Gasteiger partial charge is 0.317 e. The van der Waals surface area contributed by atoms with Crippen molar-refractivity contribution in [3.05, 3.63) is 11.7 Å². The first kappa shape index (κ1) is 15.8. The van der Waals surface area contributed by atoms with E-state index in [4.69, 9.17) is 4.52 Å². The summed E-state index contributed by atoms with van der Waals surface area (Å²) >= 11 is 0. The number of aromatic nitrogens is 2. The molecule has 1 saturated heterocycles. The molecule has 1 aromatic rings. The summed E-state index contributed by atoms with van der Waals surface area (Å²) in [6, 6.07) is -0.209. The summed E-state index contributed by atoms with van der Waals surface area (Å²) in [5, 5.41) is 16.2. The summed E-state index contributed by atoms with van der Waals surface area (Å²) in [6.07, 6.45) is 3.67. The Hall–Kier alpha value is -2.12. The van der Waals surface area contributed by atoms with Crippen molar-refractivity contribution in [3.8, 4) is 0 Å². The Morgan fingerprint density at radius 3 is 3.00 bits per heavy atom. The maximum absolute atomic E-state index is 12.3. The lowest BCUT2D eigenvalue weighted by atomic mass is 9.81.